The molecule has 1 heterocycles. The first kappa shape index (κ1) is 18.7. The van der Waals surface area contributed by atoms with Crippen LogP contribution in [-0.4, -0.2) is 64.4 Å². The Labute approximate surface area is 131 Å². The van der Waals surface area contributed by atoms with E-state index < -0.39 is 18.6 Å². The van der Waals surface area contributed by atoms with Gasteiger partial charge >= 0.3 is 6.18 Å². The number of aryl methyl sites for hydroxylation is 1. The van der Waals surface area contributed by atoms with Crippen molar-refractivity contribution >= 4 is 11.9 Å². The molecule has 0 radical (unpaired) electrons. The number of aliphatic imine (C=N–C) groups is 1. The topological polar surface area (TPSA) is 87.4 Å². The largest absolute Gasteiger partial charge is 0.406 e. The van der Waals surface area contributed by atoms with Crippen molar-refractivity contribution in [1.82, 2.24) is 30.3 Å². The van der Waals surface area contributed by atoms with E-state index >= 15 is 0 Å². The summed E-state index contributed by atoms with van der Waals surface area (Å²) in [5, 5.41) is 9.49. The Balaban J connectivity index is 2.55. The maximum absolute atomic E-state index is 12.2. The third-order valence-electron chi connectivity index (χ3n) is 2.78. The van der Waals surface area contributed by atoms with E-state index in [4.69, 9.17) is 0 Å². The molecule has 0 bridgehead atoms. The van der Waals surface area contributed by atoms with Crippen molar-refractivity contribution in [1.29, 1.82) is 0 Å². The van der Waals surface area contributed by atoms with Crippen LogP contribution in [0, 0.1) is 0 Å². The van der Waals surface area contributed by atoms with Crippen molar-refractivity contribution in [3.05, 3.63) is 12.2 Å². The summed E-state index contributed by atoms with van der Waals surface area (Å²) < 4.78 is 38.3. The first-order valence-corrected chi connectivity index (χ1v) is 6.88. The molecule has 1 rings (SSSR count). The second-order valence-corrected chi connectivity index (χ2v) is 4.71. The van der Waals surface area contributed by atoms with E-state index in [2.05, 4.69) is 25.7 Å². The zero-order valence-electron chi connectivity index (χ0n) is 13.2. The lowest BCUT2D eigenvalue weighted by Crippen LogP contribution is -2.45. The van der Waals surface area contributed by atoms with Crippen LogP contribution in [0.15, 0.2) is 11.3 Å². The molecule has 11 heteroatoms. The number of likely N-dealkylation sites (N-methyl/N-ethyl adjacent to an activating group) is 1. The minimum Gasteiger partial charge on any atom is -0.357 e. The van der Waals surface area contributed by atoms with Gasteiger partial charge in [0.05, 0.1) is 6.54 Å². The number of nitrogens with zero attached hydrogens (tertiary/aromatic N) is 5. The Kier molecular flexibility index (Phi) is 6.79. The molecule has 1 aromatic rings. The van der Waals surface area contributed by atoms with Gasteiger partial charge in [-0.05, 0) is 6.92 Å². The maximum Gasteiger partial charge on any atom is 0.406 e. The van der Waals surface area contributed by atoms with Gasteiger partial charge < -0.3 is 15.5 Å². The molecule has 0 saturated heterocycles. The van der Waals surface area contributed by atoms with Crippen LogP contribution in [0.25, 0.3) is 0 Å². The molecule has 0 spiro atoms. The van der Waals surface area contributed by atoms with E-state index in [0.717, 1.165) is 7.05 Å². The summed E-state index contributed by atoms with van der Waals surface area (Å²) >= 11 is 0. The van der Waals surface area contributed by atoms with E-state index in [-0.39, 0.29) is 13.1 Å². The van der Waals surface area contributed by atoms with E-state index in [1.165, 1.54) is 6.33 Å². The monoisotopic (exact) mass is 335 g/mol. The number of carbonyl (C=O) groups is 1. The fourth-order valence-corrected chi connectivity index (χ4v) is 1.61. The maximum atomic E-state index is 12.2. The molecule has 0 aliphatic carbocycles. The van der Waals surface area contributed by atoms with Gasteiger partial charge in [0.1, 0.15) is 25.2 Å². The first-order valence-electron chi connectivity index (χ1n) is 6.88. The zero-order chi connectivity index (χ0) is 17.5. The molecule has 0 fully saturated rings. The van der Waals surface area contributed by atoms with Crippen LogP contribution >= 0.6 is 0 Å². The number of hydrogen-bond acceptors (Lipinski definition) is 4. The highest BCUT2D eigenvalue weighted by Gasteiger charge is 2.31. The lowest BCUT2D eigenvalue weighted by molar-refractivity contribution is -0.157. The standard InChI is InChI=1S/C12H20F3N7O/c1-4-16-11(17-5-9-19-8-20-22(9)3)18-6-10(23)21(2)7-12(13,14)15/h8H,4-7H2,1-3H3,(H2,16,17,18). The van der Waals surface area contributed by atoms with Gasteiger partial charge in [-0.25, -0.2) is 9.98 Å². The predicted molar refractivity (Wildman–Crippen MR) is 77.5 cm³/mol. The molecular formula is C12H20F3N7O. The average Bonchev–Trinajstić information content (AvgIpc) is 2.85. The lowest BCUT2D eigenvalue weighted by Gasteiger charge is -2.19. The van der Waals surface area contributed by atoms with Gasteiger partial charge in [0.15, 0.2) is 5.96 Å². The summed E-state index contributed by atoms with van der Waals surface area (Å²) in [4.78, 5) is 20.5. The van der Waals surface area contributed by atoms with E-state index in [9.17, 15) is 18.0 Å². The molecule has 1 amide bonds. The van der Waals surface area contributed by atoms with Crippen molar-refractivity contribution in [2.75, 3.05) is 26.7 Å². The highest BCUT2D eigenvalue weighted by atomic mass is 19.4. The van der Waals surface area contributed by atoms with Crippen molar-refractivity contribution in [2.24, 2.45) is 12.0 Å². The second-order valence-electron chi connectivity index (χ2n) is 4.71. The molecule has 0 unspecified atom stereocenters. The van der Waals surface area contributed by atoms with Crippen molar-refractivity contribution in [2.45, 2.75) is 19.6 Å². The summed E-state index contributed by atoms with van der Waals surface area (Å²) in [7, 11) is 2.81. The van der Waals surface area contributed by atoms with Crippen LogP contribution in [0.1, 0.15) is 12.7 Å². The van der Waals surface area contributed by atoms with Crippen molar-refractivity contribution in [3.63, 3.8) is 0 Å². The number of aromatic nitrogens is 3. The van der Waals surface area contributed by atoms with Crippen LogP contribution in [0.3, 0.4) is 0 Å². The molecule has 0 aliphatic heterocycles. The number of guanidine groups is 1. The number of rotatable bonds is 6. The molecular weight excluding hydrogens is 315 g/mol. The molecule has 8 nitrogen and oxygen atoms in total. The Hall–Kier alpha value is -2.33. The molecule has 0 aromatic carbocycles. The van der Waals surface area contributed by atoms with Gasteiger partial charge in [-0.3, -0.25) is 9.48 Å². The SMILES string of the molecule is CCNC(=NCc1ncnn1C)NCC(=O)N(C)CC(F)(F)F. The summed E-state index contributed by atoms with van der Waals surface area (Å²) in [5.74, 6) is 0.235. The zero-order valence-corrected chi connectivity index (χ0v) is 13.2. The summed E-state index contributed by atoms with van der Waals surface area (Å²) in [6.07, 6.45) is -3.03. The van der Waals surface area contributed by atoms with Crippen LogP contribution in [0.2, 0.25) is 0 Å². The number of hydrogen-bond donors (Lipinski definition) is 2. The Morgan fingerprint density at radius 3 is 2.65 bits per heavy atom. The lowest BCUT2D eigenvalue weighted by atomic mass is 10.4. The van der Waals surface area contributed by atoms with Crippen LogP contribution in [0.4, 0.5) is 13.2 Å². The summed E-state index contributed by atoms with van der Waals surface area (Å²) in [6, 6.07) is 0. The van der Waals surface area contributed by atoms with Gasteiger partial charge in [-0.2, -0.15) is 18.3 Å². The summed E-state index contributed by atoms with van der Waals surface area (Å²) in [5.41, 5.74) is 0. The van der Waals surface area contributed by atoms with Crippen molar-refractivity contribution < 1.29 is 18.0 Å². The molecule has 0 saturated carbocycles. The molecule has 0 atom stereocenters. The molecule has 0 aliphatic rings. The minimum atomic E-state index is -4.42. The average molecular weight is 335 g/mol. The van der Waals surface area contributed by atoms with Gasteiger partial charge in [-0.15, -0.1) is 0 Å². The van der Waals surface area contributed by atoms with E-state index in [0.29, 0.717) is 23.2 Å². The number of alkyl halides is 3. The van der Waals surface area contributed by atoms with Crippen LogP contribution in [0.5, 0.6) is 0 Å². The van der Waals surface area contributed by atoms with Gasteiger partial charge in [0.25, 0.3) is 0 Å². The Bertz CT molecular complexity index is 541. The number of halogens is 3. The normalized spacial score (nSPS) is 12.2. The van der Waals surface area contributed by atoms with Gasteiger partial charge in [0, 0.05) is 20.6 Å². The van der Waals surface area contributed by atoms with E-state index in [1.807, 2.05) is 6.92 Å². The molecule has 2 N–H and O–H groups in total. The highest BCUT2D eigenvalue weighted by molar-refractivity contribution is 5.86. The second kappa shape index (κ2) is 8.34. The Morgan fingerprint density at radius 1 is 1.43 bits per heavy atom. The van der Waals surface area contributed by atoms with Crippen molar-refractivity contribution in [3.8, 4) is 0 Å². The fourth-order valence-electron chi connectivity index (χ4n) is 1.61. The molecule has 23 heavy (non-hydrogen) atoms. The third kappa shape index (κ3) is 6.98. The molecule has 1 aromatic heterocycles. The van der Waals surface area contributed by atoms with Crippen LogP contribution < -0.4 is 10.6 Å². The highest BCUT2D eigenvalue weighted by Crippen LogP contribution is 2.15. The number of amides is 1. The smallest absolute Gasteiger partial charge is 0.357 e. The number of nitrogens with one attached hydrogen (secondary N) is 2. The Morgan fingerprint density at radius 2 is 2.13 bits per heavy atom. The van der Waals surface area contributed by atoms with Crippen LogP contribution in [-0.2, 0) is 18.4 Å². The molecule has 130 valence electrons. The fraction of sp³-hybridized carbons (Fsp3) is 0.667. The quantitative estimate of drug-likeness (QED) is 0.560. The van der Waals surface area contributed by atoms with Gasteiger partial charge in [-0.1, -0.05) is 0 Å². The van der Waals surface area contributed by atoms with Gasteiger partial charge in [0.2, 0.25) is 5.91 Å². The number of carbonyl (C=O) groups excluding carboxylic acids is 1. The third-order valence-corrected chi connectivity index (χ3v) is 2.78. The summed E-state index contributed by atoms with van der Waals surface area (Å²) in [6.45, 7) is 1.00. The van der Waals surface area contributed by atoms with E-state index in [1.54, 1.807) is 11.7 Å². The first-order chi connectivity index (χ1) is 10.7. The predicted octanol–water partition coefficient (Wildman–Crippen LogP) is -0.109. The minimum absolute atomic E-state index is 0.221.